The summed E-state index contributed by atoms with van der Waals surface area (Å²) in [5.41, 5.74) is 7.39. The molecule has 0 atom stereocenters. The highest BCUT2D eigenvalue weighted by Gasteiger charge is 2.02. The number of benzene rings is 2. The van der Waals surface area contributed by atoms with Crippen molar-refractivity contribution in [2.24, 2.45) is 0 Å². The van der Waals surface area contributed by atoms with Crippen LogP contribution in [-0.2, 0) is 6.61 Å². The average molecular weight is 264 g/mol. The van der Waals surface area contributed by atoms with Crippen LogP contribution in [0.1, 0.15) is 5.56 Å². The standard InChI is InChI=1S/C14H14ClNO2/c1-17-12-5-2-10(3-6-12)9-18-14-7-4-11(15)8-13(14)16/h2-8H,9,16H2,1H3. The number of methoxy groups -OCH3 is 1. The first-order chi connectivity index (χ1) is 8.69. The predicted molar refractivity (Wildman–Crippen MR) is 73.2 cm³/mol. The van der Waals surface area contributed by atoms with Gasteiger partial charge in [0.05, 0.1) is 12.8 Å². The van der Waals surface area contributed by atoms with E-state index in [1.165, 1.54) is 0 Å². The number of hydrogen-bond acceptors (Lipinski definition) is 3. The van der Waals surface area contributed by atoms with Crippen LogP contribution in [0.2, 0.25) is 5.02 Å². The first-order valence-electron chi connectivity index (χ1n) is 5.50. The molecule has 0 unspecified atom stereocenters. The van der Waals surface area contributed by atoms with E-state index < -0.39 is 0 Å². The van der Waals surface area contributed by atoms with Crippen molar-refractivity contribution in [2.45, 2.75) is 6.61 Å². The lowest BCUT2D eigenvalue weighted by Crippen LogP contribution is -1.98. The third-order valence-corrected chi connectivity index (χ3v) is 2.76. The van der Waals surface area contributed by atoms with Crippen LogP contribution >= 0.6 is 11.6 Å². The Balaban J connectivity index is 2.02. The zero-order valence-electron chi connectivity index (χ0n) is 10.0. The van der Waals surface area contributed by atoms with Crippen LogP contribution in [0.15, 0.2) is 42.5 Å². The van der Waals surface area contributed by atoms with E-state index in [9.17, 15) is 0 Å². The van der Waals surface area contributed by atoms with E-state index in [-0.39, 0.29) is 0 Å². The molecular weight excluding hydrogens is 250 g/mol. The molecule has 2 aromatic rings. The minimum atomic E-state index is 0.454. The third-order valence-electron chi connectivity index (χ3n) is 2.53. The van der Waals surface area contributed by atoms with Gasteiger partial charge in [0.15, 0.2) is 0 Å². The summed E-state index contributed by atoms with van der Waals surface area (Å²) in [6, 6.07) is 12.9. The number of ether oxygens (including phenoxy) is 2. The van der Waals surface area contributed by atoms with Crippen molar-refractivity contribution in [3.63, 3.8) is 0 Å². The Bertz CT molecular complexity index is 526. The second-order valence-corrected chi connectivity index (χ2v) is 4.26. The van der Waals surface area contributed by atoms with Gasteiger partial charge in [-0.15, -0.1) is 0 Å². The lowest BCUT2D eigenvalue weighted by Gasteiger charge is -2.09. The molecular formula is C14H14ClNO2. The van der Waals surface area contributed by atoms with Crippen molar-refractivity contribution in [2.75, 3.05) is 12.8 Å². The van der Waals surface area contributed by atoms with Crippen molar-refractivity contribution >= 4 is 17.3 Å². The molecule has 2 rings (SSSR count). The summed E-state index contributed by atoms with van der Waals surface area (Å²) in [4.78, 5) is 0. The molecule has 0 fully saturated rings. The molecule has 2 N–H and O–H groups in total. The third kappa shape index (κ3) is 3.08. The van der Waals surface area contributed by atoms with Gasteiger partial charge in [-0.25, -0.2) is 0 Å². The molecule has 18 heavy (non-hydrogen) atoms. The molecule has 0 aliphatic carbocycles. The van der Waals surface area contributed by atoms with E-state index in [1.54, 1.807) is 25.3 Å². The topological polar surface area (TPSA) is 44.5 Å². The second-order valence-electron chi connectivity index (χ2n) is 3.82. The van der Waals surface area contributed by atoms with Gasteiger partial charge in [-0.2, -0.15) is 0 Å². The van der Waals surface area contributed by atoms with Crippen molar-refractivity contribution < 1.29 is 9.47 Å². The molecule has 94 valence electrons. The molecule has 0 aliphatic heterocycles. The molecule has 0 saturated heterocycles. The quantitative estimate of drug-likeness (QED) is 0.859. The van der Waals surface area contributed by atoms with Crippen molar-refractivity contribution in [3.05, 3.63) is 53.1 Å². The summed E-state index contributed by atoms with van der Waals surface area (Å²) in [7, 11) is 1.64. The fourth-order valence-corrected chi connectivity index (χ4v) is 1.71. The molecule has 0 aromatic heterocycles. The summed E-state index contributed by atoms with van der Waals surface area (Å²) in [6.07, 6.45) is 0. The first kappa shape index (κ1) is 12.6. The van der Waals surface area contributed by atoms with Crippen molar-refractivity contribution in [1.82, 2.24) is 0 Å². The minimum absolute atomic E-state index is 0.454. The van der Waals surface area contributed by atoms with E-state index in [0.29, 0.717) is 23.1 Å². The fraction of sp³-hybridized carbons (Fsp3) is 0.143. The van der Waals surface area contributed by atoms with Gasteiger partial charge in [0.1, 0.15) is 18.1 Å². The van der Waals surface area contributed by atoms with E-state index in [1.807, 2.05) is 24.3 Å². The molecule has 0 bridgehead atoms. The summed E-state index contributed by atoms with van der Waals surface area (Å²) in [5, 5.41) is 0.601. The zero-order valence-corrected chi connectivity index (χ0v) is 10.8. The number of anilines is 1. The van der Waals surface area contributed by atoms with Crippen molar-refractivity contribution in [3.8, 4) is 11.5 Å². The fourth-order valence-electron chi connectivity index (χ4n) is 1.53. The molecule has 0 radical (unpaired) electrons. The average Bonchev–Trinajstić information content (AvgIpc) is 2.38. The van der Waals surface area contributed by atoms with Gasteiger partial charge in [-0.05, 0) is 35.9 Å². The van der Waals surface area contributed by atoms with Gasteiger partial charge in [0.2, 0.25) is 0 Å². The molecule has 0 heterocycles. The SMILES string of the molecule is COc1ccc(COc2ccc(Cl)cc2N)cc1. The molecule has 4 heteroatoms. The van der Waals surface area contributed by atoms with Crippen LogP contribution in [0.5, 0.6) is 11.5 Å². The summed E-state index contributed by atoms with van der Waals surface area (Å²) in [5.74, 6) is 1.46. The number of nitrogens with two attached hydrogens (primary N) is 1. The summed E-state index contributed by atoms with van der Waals surface area (Å²) in [6.45, 7) is 0.454. The highest BCUT2D eigenvalue weighted by Crippen LogP contribution is 2.25. The Kier molecular flexibility index (Phi) is 3.95. The molecule has 0 aliphatic rings. The van der Waals surface area contributed by atoms with E-state index in [4.69, 9.17) is 26.8 Å². The molecule has 0 spiro atoms. The van der Waals surface area contributed by atoms with Crippen LogP contribution in [-0.4, -0.2) is 7.11 Å². The zero-order chi connectivity index (χ0) is 13.0. The number of halogens is 1. The van der Waals surface area contributed by atoms with Crippen LogP contribution in [0.4, 0.5) is 5.69 Å². The monoisotopic (exact) mass is 263 g/mol. The van der Waals surface area contributed by atoms with Gasteiger partial charge < -0.3 is 15.2 Å². The Hall–Kier alpha value is -1.87. The summed E-state index contributed by atoms with van der Waals surface area (Å²) >= 11 is 5.82. The normalized spacial score (nSPS) is 10.1. The van der Waals surface area contributed by atoms with Crippen LogP contribution in [0.25, 0.3) is 0 Å². The summed E-state index contributed by atoms with van der Waals surface area (Å²) < 4.78 is 10.7. The minimum Gasteiger partial charge on any atom is -0.497 e. The van der Waals surface area contributed by atoms with E-state index in [0.717, 1.165) is 11.3 Å². The Morgan fingerprint density at radius 2 is 1.83 bits per heavy atom. The van der Waals surface area contributed by atoms with Gasteiger partial charge in [0, 0.05) is 5.02 Å². The second kappa shape index (κ2) is 5.65. The molecule has 0 saturated carbocycles. The number of rotatable bonds is 4. The predicted octanol–water partition coefficient (Wildman–Crippen LogP) is 3.51. The van der Waals surface area contributed by atoms with Gasteiger partial charge >= 0.3 is 0 Å². The maximum Gasteiger partial charge on any atom is 0.142 e. The first-order valence-corrected chi connectivity index (χ1v) is 5.87. The maximum atomic E-state index is 5.82. The van der Waals surface area contributed by atoms with Crippen LogP contribution in [0, 0.1) is 0 Å². The smallest absolute Gasteiger partial charge is 0.142 e. The Labute approximate surface area is 111 Å². The lowest BCUT2D eigenvalue weighted by molar-refractivity contribution is 0.307. The van der Waals surface area contributed by atoms with Gasteiger partial charge in [-0.1, -0.05) is 23.7 Å². The van der Waals surface area contributed by atoms with E-state index >= 15 is 0 Å². The Morgan fingerprint density at radius 1 is 1.11 bits per heavy atom. The number of nitrogen functional groups attached to an aromatic ring is 1. The lowest BCUT2D eigenvalue weighted by atomic mass is 10.2. The molecule has 0 amide bonds. The molecule has 2 aromatic carbocycles. The van der Waals surface area contributed by atoms with E-state index in [2.05, 4.69) is 0 Å². The Morgan fingerprint density at radius 3 is 2.44 bits per heavy atom. The van der Waals surface area contributed by atoms with Crippen LogP contribution in [0.3, 0.4) is 0 Å². The maximum absolute atomic E-state index is 5.82. The highest BCUT2D eigenvalue weighted by atomic mass is 35.5. The molecule has 3 nitrogen and oxygen atoms in total. The van der Waals surface area contributed by atoms with Gasteiger partial charge in [0.25, 0.3) is 0 Å². The number of hydrogen-bond donors (Lipinski definition) is 1. The largest absolute Gasteiger partial charge is 0.497 e. The van der Waals surface area contributed by atoms with Crippen molar-refractivity contribution in [1.29, 1.82) is 0 Å². The highest BCUT2D eigenvalue weighted by molar-refractivity contribution is 6.30. The van der Waals surface area contributed by atoms with Crippen LogP contribution < -0.4 is 15.2 Å². The van der Waals surface area contributed by atoms with Gasteiger partial charge in [-0.3, -0.25) is 0 Å².